The monoisotopic (exact) mass is 254 g/mol. The Morgan fingerprint density at radius 1 is 1.53 bits per heavy atom. The Bertz CT molecular complexity index is 393. The molecule has 0 saturated heterocycles. The Balaban J connectivity index is 2.58. The van der Waals surface area contributed by atoms with E-state index in [1.165, 1.54) is 0 Å². The van der Waals surface area contributed by atoms with Crippen LogP contribution in [0.5, 0.6) is 0 Å². The fourth-order valence-corrected chi connectivity index (χ4v) is 1.81. The third kappa shape index (κ3) is 4.75. The number of hydrogen-bond acceptors (Lipinski definition) is 2. The zero-order chi connectivity index (χ0) is 12.8. The lowest BCUT2D eigenvalue weighted by molar-refractivity contribution is -0.116. The van der Waals surface area contributed by atoms with Gasteiger partial charge in [0.1, 0.15) is 0 Å². The Morgan fingerprint density at radius 2 is 2.24 bits per heavy atom. The molecule has 1 amide bonds. The molecule has 1 aromatic rings. The minimum Gasteiger partial charge on any atom is -0.327 e. The highest BCUT2D eigenvalue weighted by molar-refractivity contribution is 6.33. The van der Waals surface area contributed by atoms with Crippen LogP contribution in [0.25, 0.3) is 0 Å². The zero-order valence-electron chi connectivity index (χ0n) is 10.3. The highest BCUT2D eigenvalue weighted by Crippen LogP contribution is 2.22. The summed E-state index contributed by atoms with van der Waals surface area (Å²) in [5.74, 6) is -0.0848. The van der Waals surface area contributed by atoms with Gasteiger partial charge in [0.2, 0.25) is 5.91 Å². The van der Waals surface area contributed by atoms with Gasteiger partial charge < -0.3 is 11.1 Å². The molecule has 0 aliphatic rings. The first-order chi connectivity index (χ1) is 8.02. The van der Waals surface area contributed by atoms with E-state index in [0.29, 0.717) is 17.1 Å². The second kappa shape index (κ2) is 6.62. The van der Waals surface area contributed by atoms with Gasteiger partial charge in [-0.25, -0.2) is 0 Å². The largest absolute Gasteiger partial charge is 0.327 e. The average molecular weight is 255 g/mol. The second-order valence-electron chi connectivity index (χ2n) is 4.28. The van der Waals surface area contributed by atoms with Crippen molar-refractivity contribution in [3.05, 3.63) is 28.8 Å². The van der Waals surface area contributed by atoms with Crippen molar-refractivity contribution in [3.8, 4) is 0 Å². The SMILES string of the molecule is CCCC(N)CC(=O)Nc1cc(C)ccc1Cl. The van der Waals surface area contributed by atoms with E-state index in [1.54, 1.807) is 6.07 Å². The lowest BCUT2D eigenvalue weighted by Crippen LogP contribution is -2.26. The molecule has 0 heterocycles. The van der Waals surface area contributed by atoms with Gasteiger partial charge in [0.05, 0.1) is 10.7 Å². The normalized spacial score (nSPS) is 12.2. The van der Waals surface area contributed by atoms with Gasteiger partial charge in [-0.15, -0.1) is 0 Å². The number of aryl methyl sites for hydroxylation is 1. The van der Waals surface area contributed by atoms with E-state index < -0.39 is 0 Å². The van der Waals surface area contributed by atoms with Crippen LogP contribution in [0, 0.1) is 6.92 Å². The molecule has 0 aliphatic heterocycles. The number of carbonyl (C=O) groups is 1. The highest BCUT2D eigenvalue weighted by atomic mass is 35.5. The van der Waals surface area contributed by atoms with E-state index in [2.05, 4.69) is 12.2 Å². The minimum atomic E-state index is -0.0848. The van der Waals surface area contributed by atoms with Gasteiger partial charge in [0.15, 0.2) is 0 Å². The molecule has 1 unspecified atom stereocenters. The van der Waals surface area contributed by atoms with E-state index in [1.807, 2.05) is 19.1 Å². The molecule has 0 fully saturated rings. The molecule has 0 spiro atoms. The first-order valence-electron chi connectivity index (χ1n) is 5.84. The fourth-order valence-electron chi connectivity index (χ4n) is 1.65. The molecule has 94 valence electrons. The molecule has 0 radical (unpaired) electrons. The lowest BCUT2D eigenvalue weighted by atomic mass is 10.1. The van der Waals surface area contributed by atoms with Gasteiger partial charge in [0.25, 0.3) is 0 Å². The molecule has 3 N–H and O–H groups in total. The quantitative estimate of drug-likeness (QED) is 0.848. The molecule has 0 saturated carbocycles. The van der Waals surface area contributed by atoms with Crippen molar-refractivity contribution in [2.45, 2.75) is 39.2 Å². The van der Waals surface area contributed by atoms with Crippen molar-refractivity contribution in [1.82, 2.24) is 0 Å². The highest BCUT2D eigenvalue weighted by Gasteiger charge is 2.10. The standard InChI is InChI=1S/C13H19ClN2O/c1-3-4-10(15)8-13(17)16-12-7-9(2)5-6-11(12)14/h5-7,10H,3-4,8,15H2,1-2H3,(H,16,17). The molecule has 0 aliphatic carbocycles. The van der Waals surface area contributed by atoms with E-state index >= 15 is 0 Å². The fraction of sp³-hybridized carbons (Fsp3) is 0.462. The Hall–Kier alpha value is -1.06. The summed E-state index contributed by atoms with van der Waals surface area (Å²) in [6.45, 7) is 4.00. The van der Waals surface area contributed by atoms with Crippen LogP contribution in [0.3, 0.4) is 0 Å². The average Bonchev–Trinajstić information content (AvgIpc) is 2.23. The summed E-state index contributed by atoms with van der Waals surface area (Å²) in [6, 6.07) is 5.45. The predicted molar refractivity (Wildman–Crippen MR) is 72.3 cm³/mol. The number of halogens is 1. The van der Waals surface area contributed by atoms with Crippen LogP contribution in [0.15, 0.2) is 18.2 Å². The van der Waals surface area contributed by atoms with Crippen LogP contribution in [0.4, 0.5) is 5.69 Å². The second-order valence-corrected chi connectivity index (χ2v) is 4.69. The summed E-state index contributed by atoms with van der Waals surface area (Å²) in [4.78, 5) is 11.7. The summed E-state index contributed by atoms with van der Waals surface area (Å²) in [5.41, 5.74) is 7.52. The van der Waals surface area contributed by atoms with E-state index in [0.717, 1.165) is 18.4 Å². The number of hydrogen-bond donors (Lipinski definition) is 2. The Morgan fingerprint density at radius 3 is 2.88 bits per heavy atom. The molecule has 4 heteroatoms. The number of amides is 1. The predicted octanol–water partition coefficient (Wildman–Crippen LogP) is 3.10. The third-order valence-corrected chi connectivity index (χ3v) is 2.83. The van der Waals surface area contributed by atoms with Crippen LogP contribution in [0.2, 0.25) is 5.02 Å². The van der Waals surface area contributed by atoms with E-state index in [4.69, 9.17) is 17.3 Å². The number of rotatable bonds is 5. The van der Waals surface area contributed by atoms with Crippen molar-refractivity contribution in [2.24, 2.45) is 5.73 Å². The molecular weight excluding hydrogens is 236 g/mol. The maximum absolute atomic E-state index is 11.7. The number of benzene rings is 1. The molecule has 3 nitrogen and oxygen atoms in total. The van der Waals surface area contributed by atoms with E-state index in [-0.39, 0.29) is 11.9 Å². The summed E-state index contributed by atoms with van der Waals surface area (Å²) < 4.78 is 0. The number of carbonyl (C=O) groups excluding carboxylic acids is 1. The van der Waals surface area contributed by atoms with Crippen LogP contribution in [-0.2, 0) is 4.79 Å². The topological polar surface area (TPSA) is 55.1 Å². The molecule has 0 aromatic heterocycles. The number of nitrogens with two attached hydrogens (primary N) is 1. The summed E-state index contributed by atoms with van der Waals surface area (Å²) in [7, 11) is 0. The Labute approximate surface area is 107 Å². The lowest BCUT2D eigenvalue weighted by Gasteiger charge is -2.11. The van der Waals surface area contributed by atoms with Gasteiger partial charge in [-0.3, -0.25) is 4.79 Å². The van der Waals surface area contributed by atoms with Crippen molar-refractivity contribution in [1.29, 1.82) is 0 Å². The van der Waals surface area contributed by atoms with Crippen molar-refractivity contribution in [2.75, 3.05) is 5.32 Å². The maximum Gasteiger partial charge on any atom is 0.225 e. The number of nitrogens with one attached hydrogen (secondary N) is 1. The van der Waals surface area contributed by atoms with Crippen molar-refractivity contribution in [3.63, 3.8) is 0 Å². The third-order valence-electron chi connectivity index (χ3n) is 2.50. The van der Waals surface area contributed by atoms with Gasteiger partial charge >= 0.3 is 0 Å². The molecule has 1 aromatic carbocycles. The minimum absolute atomic E-state index is 0.0800. The van der Waals surface area contributed by atoms with Gasteiger partial charge in [0, 0.05) is 12.5 Å². The van der Waals surface area contributed by atoms with Crippen LogP contribution < -0.4 is 11.1 Å². The number of anilines is 1. The maximum atomic E-state index is 11.7. The van der Waals surface area contributed by atoms with Crippen LogP contribution in [0.1, 0.15) is 31.7 Å². The molecular formula is C13H19ClN2O. The van der Waals surface area contributed by atoms with Crippen LogP contribution in [-0.4, -0.2) is 11.9 Å². The molecule has 0 bridgehead atoms. The van der Waals surface area contributed by atoms with Crippen molar-refractivity contribution >= 4 is 23.2 Å². The van der Waals surface area contributed by atoms with Gasteiger partial charge in [-0.2, -0.15) is 0 Å². The summed E-state index contributed by atoms with van der Waals surface area (Å²) in [6.07, 6.45) is 2.17. The van der Waals surface area contributed by atoms with E-state index in [9.17, 15) is 4.79 Å². The smallest absolute Gasteiger partial charge is 0.225 e. The first kappa shape index (κ1) is 14.0. The van der Waals surface area contributed by atoms with Gasteiger partial charge in [-0.1, -0.05) is 31.0 Å². The molecule has 1 atom stereocenters. The molecule has 1 rings (SSSR count). The van der Waals surface area contributed by atoms with Crippen molar-refractivity contribution < 1.29 is 4.79 Å². The zero-order valence-corrected chi connectivity index (χ0v) is 11.1. The summed E-state index contributed by atoms with van der Waals surface area (Å²) in [5, 5.41) is 3.34. The van der Waals surface area contributed by atoms with Gasteiger partial charge in [-0.05, 0) is 31.0 Å². The first-order valence-corrected chi connectivity index (χ1v) is 6.22. The molecule has 17 heavy (non-hydrogen) atoms. The Kier molecular flexibility index (Phi) is 5.45. The van der Waals surface area contributed by atoms with Crippen LogP contribution >= 0.6 is 11.6 Å². The summed E-state index contributed by atoms with van der Waals surface area (Å²) >= 11 is 5.99.